The fourth-order valence-corrected chi connectivity index (χ4v) is 1.43. The van der Waals surface area contributed by atoms with Crippen LogP contribution < -0.4 is 0 Å². The second-order valence-corrected chi connectivity index (χ2v) is 3.57. The molecule has 0 aliphatic carbocycles. The van der Waals surface area contributed by atoms with Crippen molar-refractivity contribution in [1.29, 1.82) is 0 Å². The molecule has 0 atom stereocenters. The van der Waals surface area contributed by atoms with Gasteiger partial charge in [0.15, 0.2) is 5.69 Å². The Morgan fingerprint density at radius 3 is 3.00 bits per heavy atom. The third-order valence-corrected chi connectivity index (χ3v) is 2.34. The fraction of sp³-hybridized carbons (Fsp3) is 0.111. The molecule has 0 aliphatic heterocycles. The molecular weight excluding hydrogens is 214 g/mol. The van der Waals surface area contributed by atoms with E-state index in [0.717, 1.165) is 4.88 Å². The zero-order valence-corrected chi connectivity index (χ0v) is 8.48. The van der Waals surface area contributed by atoms with E-state index in [9.17, 15) is 4.79 Å². The van der Waals surface area contributed by atoms with Gasteiger partial charge in [0.2, 0.25) is 0 Å². The lowest BCUT2D eigenvalue weighted by Gasteiger charge is -2.00. The lowest BCUT2D eigenvalue weighted by atomic mass is 10.4. The van der Waals surface area contributed by atoms with Gasteiger partial charge in [0.1, 0.15) is 12.9 Å². The lowest BCUT2D eigenvalue weighted by Crippen LogP contribution is -2.06. The number of hydrogen-bond donors (Lipinski definition) is 0. The van der Waals surface area contributed by atoms with Crippen molar-refractivity contribution in [1.82, 2.24) is 14.3 Å². The van der Waals surface area contributed by atoms with E-state index in [-0.39, 0.29) is 12.3 Å². The van der Waals surface area contributed by atoms with E-state index < -0.39 is 5.97 Å². The van der Waals surface area contributed by atoms with Crippen LogP contribution in [0.4, 0.5) is 0 Å². The van der Waals surface area contributed by atoms with Crippen molar-refractivity contribution in [3.63, 3.8) is 0 Å². The summed E-state index contributed by atoms with van der Waals surface area (Å²) in [7, 11) is 0. The molecule has 2 rings (SSSR count). The predicted octanol–water partition coefficient (Wildman–Crippen LogP) is 1.29. The van der Waals surface area contributed by atoms with E-state index in [1.54, 1.807) is 12.3 Å². The quantitative estimate of drug-likeness (QED) is 0.731. The number of hydrogen-bond acceptors (Lipinski definition) is 6. The summed E-state index contributed by atoms with van der Waals surface area (Å²) in [6.45, 7) is 0.230. The lowest BCUT2D eigenvalue weighted by molar-refractivity contribution is 0.0469. The third kappa shape index (κ3) is 2.57. The Balaban J connectivity index is 1.94. The summed E-state index contributed by atoms with van der Waals surface area (Å²) >= 11 is 1.30. The number of carbonyl (C=O) groups is 1. The molecule has 0 N–H and O–H groups in total. The fourth-order valence-electron chi connectivity index (χ4n) is 0.939. The van der Waals surface area contributed by atoms with E-state index in [1.165, 1.54) is 30.1 Å². The molecule has 0 amide bonds. The Morgan fingerprint density at radius 2 is 2.33 bits per heavy atom. The minimum Gasteiger partial charge on any atom is -0.455 e. The van der Waals surface area contributed by atoms with Crippen LogP contribution in [-0.2, 0) is 11.3 Å². The van der Waals surface area contributed by atoms with Gasteiger partial charge in [-0.2, -0.15) is 0 Å². The first-order valence-electron chi connectivity index (χ1n) is 4.19. The average Bonchev–Trinajstić information content (AvgIpc) is 2.80. The molecule has 0 saturated carbocycles. The van der Waals surface area contributed by atoms with Gasteiger partial charge in [0.25, 0.3) is 0 Å². The molecule has 0 aliphatic rings. The van der Waals surface area contributed by atoms with Crippen molar-refractivity contribution >= 4 is 17.5 Å². The Labute approximate surface area is 89.9 Å². The summed E-state index contributed by atoms with van der Waals surface area (Å²) in [6, 6.07) is 3.31. The molecule has 0 bridgehead atoms. The summed E-state index contributed by atoms with van der Waals surface area (Å²) in [5.41, 5.74) is 0.259. The van der Waals surface area contributed by atoms with Crippen LogP contribution >= 0.6 is 11.5 Å². The van der Waals surface area contributed by atoms with Gasteiger partial charge in [-0.15, -0.1) is 0 Å². The van der Waals surface area contributed by atoms with Crippen molar-refractivity contribution in [2.24, 2.45) is 0 Å². The van der Waals surface area contributed by atoms with Crippen molar-refractivity contribution in [2.45, 2.75) is 6.61 Å². The van der Waals surface area contributed by atoms with Gasteiger partial charge in [-0.1, -0.05) is 0 Å². The Hall–Kier alpha value is -1.82. The molecule has 5 nitrogen and oxygen atoms in total. The number of aromatic nitrogens is 3. The molecule has 0 saturated heterocycles. The molecule has 6 heteroatoms. The normalized spacial score (nSPS) is 9.87. The summed E-state index contributed by atoms with van der Waals surface area (Å²) in [5, 5.41) is 0. The topological polar surface area (TPSA) is 65.0 Å². The molecule has 2 heterocycles. The van der Waals surface area contributed by atoms with Crippen LogP contribution in [0.25, 0.3) is 0 Å². The summed E-state index contributed by atoms with van der Waals surface area (Å²) in [5.74, 6) is -0.453. The van der Waals surface area contributed by atoms with Crippen LogP contribution in [0.3, 0.4) is 0 Å². The van der Waals surface area contributed by atoms with Crippen molar-refractivity contribution < 1.29 is 9.53 Å². The molecular formula is C9H7N3O2S. The molecule has 0 radical (unpaired) electrons. The number of carbonyl (C=O) groups excluding carboxylic acids is 1. The average molecular weight is 221 g/mol. The van der Waals surface area contributed by atoms with Crippen LogP contribution in [0, 0.1) is 0 Å². The van der Waals surface area contributed by atoms with Gasteiger partial charge in [-0.3, -0.25) is 0 Å². The van der Waals surface area contributed by atoms with Gasteiger partial charge >= 0.3 is 5.97 Å². The van der Waals surface area contributed by atoms with Gasteiger partial charge in [-0.25, -0.2) is 19.1 Å². The SMILES string of the molecule is O=C(OCc1ccns1)c1ccncn1. The maximum Gasteiger partial charge on any atom is 0.357 e. The van der Waals surface area contributed by atoms with Gasteiger partial charge in [0.05, 0.1) is 4.88 Å². The van der Waals surface area contributed by atoms with Crippen molar-refractivity contribution in [3.8, 4) is 0 Å². The maximum atomic E-state index is 11.4. The highest BCUT2D eigenvalue weighted by Gasteiger charge is 2.08. The highest BCUT2D eigenvalue weighted by molar-refractivity contribution is 7.05. The first kappa shape index (κ1) is 9.72. The summed E-state index contributed by atoms with van der Waals surface area (Å²) in [4.78, 5) is 19.8. The minimum atomic E-state index is -0.453. The summed E-state index contributed by atoms with van der Waals surface area (Å²) < 4.78 is 8.91. The van der Waals surface area contributed by atoms with Crippen LogP contribution in [0.1, 0.15) is 15.4 Å². The monoisotopic (exact) mass is 221 g/mol. The summed E-state index contributed by atoms with van der Waals surface area (Å²) in [6.07, 6.45) is 4.47. The Morgan fingerprint density at radius 1 is 1.40 bits per heavy atom. The number of ether oxygens (including phenoxy) is 1. The second kappa shape index (κ2) is 4.61. The number of rotatable bonds is 3. The van der Waals surface area contributed by atoms with E-state index in [0.29, 0.717) is 0 Å². The number of nitrogens with zero attached hydrogens (tertiary/aromatic N) is 3. The van der Waals surface area contributed by atoms with Crippen LogP contribution in [0.5, 0.6) is 0 Å². The molecule has 0 spiro atoms. The maximum absolute atomic E-state index is 11.4. The molecule has 76 valence electrons. The number of esters is 1. The van der Waals surface area contributed by atoms with Crippen LogP contribution in [0.2, 0.25) is 0 Å². The molecule has 2 aromatic rings. The van der Waals surface area contributed by atoms with E-state index in [2.05, 4.69) is 14.3 Å². The minimum absolute atomic E-state index is 0.230. The molecule has 0 aromatic carbocycles. The predicted molar refractivity (Wildman–Crippen MR) is 53.3 cm³/mol. The van der Waals surface area contributed by atoms with E-state index >= 15 is 0 Å². The first-order chi connectivity index (χ1) is 7.36. The molecule has 0 fully saturated rings. The molecule has 2 aromatic heterocycles. The largest absolute Gasteiger partial charge is 0.455 e. The van der Waals surface area contributed by atoms with Crippen LogP contribution in [0.15, 0.2) is 30.9 Å². The van der Waals surface area contributed by atoms with Gasteiger partial charge < -0.3 is 4.74 Å². The second-order valence-electron chi connectivity index (χ2n) is 2.65. The van der Waals surface area contributed by atoms with Crippen molar-refractivity contribution in [3.05, 3.63) is 41.4 Å². The first-order valence-corrected chi connectivity index (χ1v) is 4.96. The van der Waals surface area contributed by atoms with E-state index in [4.69, 9.17) is 4.74 Å². The molecule has 0 unspecified atom stereocenters. The standard InChI is InChI=1S/C9H7N3O2S/c13-9(8-2-3-10-6-11-8)14-5-7-1-4-12-15-7/h1-4,6H,5H2. The smallest absolute Gasteiger partial charge is 0.357 e. The van der Waals surface area contributed by atoms with Gasteiger partial charge in [-0.05, 0) is 23.7 Å². The zero-order chi connectivity index (χ0) is 10.5. The zero-order valence-electron chi connectivity index (χ0n) is 7.66. The highest BCUT2D eigenvalue weighted by atomic mass is 32.1. The Kier molecular flexibility index (Phi) is 2.99. The van der Waals surface area contributed by atoms with E-state index in [1.807, 2.05) is 0 Å². The van der Waals surface area contributed by atoms with Gasteiger partial charge in [0, 0.05) is 12.4 Å². The third-order valence-electron chi connectivity index (χ3n) is 1.63. The van der Waals surface area contributed by atoms with Crippen LogP contribution in [-0.4, -0.2) is 20.3 Å². The highest BCUT2D eigenvalue weighted by Crippen LogP contribution is 2.07. The molecule has 15 heavy (non-hydrogen) atoms. The van der Waals surface area contributed by atoms with Crippen molar-refractivity contribution in [2.75, 3.05) is 0 Å². The Bertz CT molecular complexity index is 430.